The number of nitrogens with two attached hydrogens (primary N) is 1. The number of rotatable bonds is 8. The van der Waals surface area contributed by atoms with Crippen LogP contribution in [0.2, 0.25) is 0 Å². The Morgan fingerprint density at radius 2 is 1.06 bits per heavy atom. The summed E-state index contributed by atoms with van der Waals surface area (Å²) in [6, 6.07) is 33.5. The van der Waals surface area contributed by atoms with E-state index in [2.05, 4.69) is 207 Å². The lowest BCUT2D eigenvalue weighted by Crippen LogP contribution is -2.05. The highest BCUT2D eigenvalue weighted by Gasteiger charge is 2.22. The second-order valence-electron chi connectivity index (χ2n) is 22.7. The fraction of sp³-hybridized carbons (Fsp3) is 0.158. The van der Waals surface area contributed by atoms with Gasteiger partial charge in [-0.25, -0.2) is 24.9 Å². The number of ether oxygens (including phenoxy) is 2. The summed E-state index contributed by atoms with van der Waals surface area (Å²) in [6.07, 6.45) is 30.0. The zero-order valence-corrected chi connectivity index (χ0v) is 57.3. The first kappa shape index (κ1) is 70.2. The van der Waals surface area contributed by atoms with Gasteiger partial charge in [0.15, 0.2) is 5.82 Å². The van der Waals surface area contributed by atoms with Crippen molar-refractivity contribution in [3.63, 3.8) is 0 Å². The van der Waals surface area contributed by atoms with Gasteiger partial charge in [-0.05, 0) is 151 Å². The van der Waals surface area contributed by atoms with Crippen LogP contribution >= 0.6 is 15.9 Å². The summed E-state index contributed by atoms with van der Waals surface area (Å²) < 4.78 is 16.7. The fourth-order valence-corrected chi connectivity index (χ4v) is 12.6. The van der Waals surface area contributed by atoms with Crippen LogP contribution in [-0.2, 0) is 60.9 Å². The predicted molar refractivity (Wildman–Crippen MR) is 389 cm³/mol. The molecule has 0 saturated heterocycles. The molecule has 0 spiro atoms. The number of H-pyrrole nitrogens is 3. The van der Waals surface area contributed by atoms with Gasteiger partial charge in [0.2, 0.25) is 11.8 Å². The number of nitrogen functional groups attached to an aromatic ring is 1. The van der Waals surface area contributed by atoms with E-state index in [4.69, 9.17) is 44.0 Å². The van der Waals surface area contributed by atoms with Crippen LogP contribution in [-0.4, -0.2) is 106 Å². The number of para-hydroxylation sites is 1. The first-order valence-corrected chi connectivity index (χ1v) is 33.0. The fourth-order valence-electron chi connectivity index (χ4n) is 12.2. The molecule has 0 saturated carbocycles. The third-order valence-corrected chi connectivity index (χ3v) is 17.1. The molecule has 5 N–H and O–H groups in total. The van der Waals surface area contributed by atoms with E-state index in [9.17, 15) is 4.79 Å². The van der Waals surface area contributed by atoms with Crippen molar-refractivity contribution in [2.75, 3.05) is 18.9 Å². The van der Waals surface area contributed by atoms with Gasteiger partial charge in [0.25, 0.3) is 5.56 Å². The van der Waals surface area contributed by atoms with Gasteiger partial charge in [0.05, 0.1) is 71.4 Å². The van der Waals surface area contributed by atoms with Crippen LogP contribution in [0.4, 0.5) is 5.82 Å². The van der Waals surface area contributed by atoms with Crippen LogP contribution in [0.5, 0.6) is 11.8 Å². The molecule has 4 aromatic carbocycles. The molecule has 0 atom stereocenters. The van der Waals surface area contributed by atoms with Gasteiger partial charge < -0.3 is 39.3 Å². The topological polar surface area (TPSA) is 350 Å². The summed E-state index contributed by atoms with van der Waals surface area (Å²) >= 11 is 3.37. The minimum Gasteiger partial charge on any atom is -0.476 e. The van der Waals surface area contributed by atoms with E-state index in [1.165, 1.54) is 34.9 Å². The van der Waals surface area contributed by atoms with Crippen molar-refractivity contribution in [2.24, 2.45) is 0 Å². The number of nitrogens with zero attached hydrogens (tertiary/aromatic N) is 12. The van der Waals surface area contributed by atoms with Crippen LogP contribution < -0.4 is 20.8 Å². The Hall–Kier alpha value is -13.1. The SMILES string of the molecule is Brc1cnc2c(c1)CC=C2.CCOc1ncnc2c1[nH]c1ccc(CC)cc12.CCOc1ncnc2c3cc(CC)ccc3n(-c3cnc4c(c3)C=CC4)c12.Cc1ccc2[nH]c3c(=O)[nH]cnc3c2c1.Nc1ncnc2c3ccccc3n(-c3cnc4c(c3)C=CC4)c12.O=C=O.O=C=O.O=C=O. The number of aryl methyl sites for hydroxylation is 3. The molecule has 102 heavy (non-hydrogen) atoms. The number of hydrogen-bond donors (Lipinski definition) is 4. The second-order valence-corrected chi connectivity index (χ2v) is 23.6. The van der Waals surface area contributed by atoms with Crippen molar-refractivity contribution < 1.29 is 38.2 Å². The van der Waals surface area contributed by atoms with Crippen LogP contribution in [0.15, 0.2) is 168 Å². The van der Waals surface area contributed by atoms with E-state index in [1.54, 1.807) is 12.7 Å². The monoisotopic (exact) mass is 1420 g/mol. The Morgan fingerprint density at radius 1 is 0.520 bits per heavy atom. The molecule has 15 aromatic rings. The molecule has 3 aliphatic carbocycles. The highest BCUT2D eigenvalue weighted by atomic mass is 79.9. The highest BCUT2D eigenvalue weighted by Crippen LogP contribution is 2.38. The average Bonchev–Trinajstić information content (AvgIpc) is 1.61. The van der Waals surface area contributed by atoms with Gasteiger partial charge in [-0.2, -0.15) is 38.7 Å². The van der Waals surface area contributed by atoms with Crippen LogP contribution in [0.25, 0.3) is 117 Å². The summed E-state index contributed by atoms with van der Waals surface area (Å²) in [5, 5.41) is 4.31. The maximum atomic E-state index is 11.5. The van der Waals surface area contributed by atoms with Crippen molar-refractivity contribution in [1.29, 1.82) is 0 Å². The Bertz CT molecular complexity index is 5870. The third-order valence-electron chi connectivity index (χ3n) is 16.7. The normalized spacial score (nSPS) is 11.5. The molecule has 0 bridgehead atoms. The van der Waals surface area contributed by atoms with Crippen molar-refractivity contribution in [3.05, 3.63) is 224 Å². The molecule has 26 heteroatoms. The summed E-state index contributed by atoms with van der Waals surface area (Å²) in [5.41, 5.74) is 29.5. The smallest absolute Gasteiger partial charge is 0.373 e. The number of benzene rings is 4. The minimum atomic E-state index is -0.131. The number of aromatic nitrogens is 15. The Morgan fingerprint density at radius 3 is 1.73 bits per heavy atom. The van der Waals surface area contributed by atoms with Gasteiger partial charge in [-0.15, -0.1) is 0 Å². The highest BCUT2D eigenvalue weighted by molar-refractivity contribution is 9.10. The Kier molecular flexibility index (Phi) is 22.4. The number of halogens is 1. The molecule has 0 unspecified atom stereocenters. The largest absolute Gasteiger partial charge is 0.476 e. The van der Waals surface area contributed by atoms with Gasteiger partial charge >= 0.3 is 18.5 Å². The average molecular weight is 1420 g/mol. The first-order valence-electron chi connectivity index (χ1n) is 32.2. The van der Waals surface area contributed by atoms with E-state index in [1.807, 2.05) is 69.7 Å². The van der Waals surface area contributed by atoms with E-state index in [0.717, 1.165) is 158 Å². The number of fused-ring (bicyclic) bond motifs is 15. The molecule has 11 heterocycles. The van der Waals surface area contributed by atoms with Crippen molar-refractivity contribution in [2.45, 2.75) is 66.7 Å². The van der Waals surface area contributed by atoms with Gasteiger partial charge in [-0.3, -0.25) is 19.7 Å². The number of pyridine rings is 3. The van der Waals surface area contributed by atoms with Crippen LogP contribution in [0.1, 0.15) is 78.2 Å². The zero-order chi connectivity index (χ0) is 71.8. The molecule has 3 aliphatic rings. The lowest BCUT2D eigenvalue weighted by molar-refractivity contribution is -0.193. The lowest BCUT2D eigenvalue weighted by Gasteiger charge is -2.11. The third kappa shape index (κ3) is 14.8. The summed E-state index contributed by atoms with van der Waals surface area (Å²) in [5.74, 6) is 1.70. The number of nitrogens with one attached hydrogen (secondary N) is 3. The molecule has 25 nitrogen and oxygen atoms in total. The van der Waals surface area contributed by atoms with E-state index in [-0.39, 0.29) is 24.0 Å². The first-order chi connectivity index (χ1) is 49.8. The van der Waals surface area contributed by atoms with E-state index < -0.39 is 0 Å². The molecule has 11 aromatic heterocycles. The molecule has 18 rings (SSSR count). The number of aromatic amines is 3. The van der Waals surface area contributed by atoms with Gasteiger partial charge in [0.1, 0.15) is 63.1 Å². The van der Waals surface area contributed by atoms with E-state index >= 15 is 0 Å². The van der Waals surface area contributed by atoms with Crippen molar-refractivity contribution in [3.8, 4) is 23.1 Å². The number of anilines is 1. The lowest BCUT2D eigenvalue weighted by atomic mass is 10.1. The molecule has 0 radical (unpaired) electrons. The van der Waals surface area contributed by atoms with E-state index in [0.29, 0.717) is 36.3 Å². The molecule has 0 fully saturated rings. The van der Waals surface area contributed by atoms with Gasteiger partial charge in [-0.1, -0.05) is 86.2 Å². The number of carbonyl (C=O) groups excluding carboxylic acids is 6. The van der Waals surface area contributed by atoms with Gasteiger partial charge in [0, 0.05) is 56.1 Å². The maximum Gasteiger partial charge on any atom is 0.373 e. The molecule has 0 amide bonds. The van der Waals surface area contributed by atoms with Crippen molar-refractivity contribution >= 4 is 146 Å². The number of allylic oxidation sites excluding steroid dienone is 3. The summed E-state index contributed by atoms with van der Waals surface area (Å²) in [4.78, 5) is 113. The predicted octanol–water partition coefficient (Wildman–Crippen LogP) is 13.1. The van der Waals surface area contributed by atoms with Crippen LogP contribution in [0, 0.1) is 6.92 Å². The van der Waals surface area contributed by atoms with Crippen molar-refractivity contribution in [1.82, 2.24) is 73.9 Å². The maximum absolute atomic E-state index is 11.5. The minimum absolute atomic E-state index is 0.131. The molecule has 0 aliphatic heterocycles. The molecule has 508 valence electrons. The number of hydrogen-bond acceptors (Lipinski definition) is 20. The molecular weight excluding hydrogens is 1360 g/mol. The Labute approximate surface area is 588 Å². The van der Waals surface area contributed by atoms with Crippen LogP contribution in [0.3, 0.4) is 0 Å². The Balaban J connectivity index is 0.000000128. The molecular formula is C76H63BrN16O9. The quantitative estimate of drug-likeness (QED) is 0.110. The summed E-state index contributed by atoms with van der Waals surface area (Å²) in [6.45, 7) is 11.4. The zero-order valence-electron chi connectivity index (χ0n) is 55.7. The second kappa shape index (κ2) is 32.5. The standard InChI is InChI=1S/C22H20N4O.C18H13N5.C14H15N3O.C11H9N3O.C8H6BrN.3CO2/c1-3-14-8-9-19-17(10-14)20-21(22(27-4-2)25-13-24-20)26(19)16-11-15-6-5-7-18(15)23-12-16;19-18-17-16(21-10-22-18)13-5-1-2-7-15(13)23(17)12-8-11-4-3-6-14(11)20-9-12;1-3-9-5-6-11-10(7-9)12-13(17-11)14(18-4-2)16-8-15-12;1-6-2-3-8-7(4-6)9-10(14-8)11(15)13-5-12-9;9-7-4-6-2-1-3-8(6)10-5-7;3*2-1-3/h5-6,8-13H,3-4,7H2,1-2H3;1-5,7-10H,6H2,(H2,19,21,22);5-8,17H,3-4H2,1-2H3;2-5,14H,1H3,(H,12,13,15);1,3-5H,2H2;;;. The summed E-state index contributed by atoms with van der Waals surface area (Å²) in [7, 11) is 0.